The topological polar surface area (TPSA) is 68.8 Å². The van der Waals surface area contributed by atoms with Crippen molar-refractivity contribution in [1.29, 1.82) is 0 Å². The first-order valence-electron chi connectivity index (χ1n) is 6.61. The van der Waals surface area contributed by atoms with Gasteiger partial charge in [-0.25, -0.2) is 4.98 Å². The van der Waals surface area contributed by atoms with Crippen molar-refractivity contribution in [2.45, 2.75) is 46.2 Å². The highest BCUT2D eigenvalue weighted by Crippen LogP contribution is 2.20. The number of aromatic nitrogens is 3. The fraction of sp³-hybridized carbons (Fsp3) is 0.538. The van der Waals surface area contributed by atoms with Crippen molar-refractivity contribution < 1.29 is 0 Å². The summed E-state index contributed by atoms with van der Waals surface area (Å²) in [6, 6.07) is 2.20. The van der Waals surface area contributed by atoms with Gasteiger partial charge in [-0.2, -0.15) is 5.10 Å². The number of hydrogen-bond donors (Lipinski definition) is 2. The van der Waals surface area contributed by atoms with E-state index in [1.54, 1.807) is 11.3 Å². The summed E-state index contributed by atoms with van der Waals surface area (Å²) in [5, 5.41) is 7.69. The molecule has 0 saturated carbocycles. The third-order valence-electron chi connectivity index (χ3n) is 3.18. The molecular weight excluding hydrogens is 258 g/mol. The number of aryl methyl sites for hydroxylation is 3. The van der Waals surface area contributed by atoms with Gasteiger partial charge in [-0.3, -0.25) is 16.0 Å². The first-order valence-corrected chi connectivity index (χ1v) is 7.49. The summed E-state index contributed by atoms with van der Waals surface area (Å²) >= 11 is 1.65. The first-order chi connectivity index (χ1) is 9.17. The zero-order valence-corrected chi connectivity index (χ0v) is 12.5. The van der Waals surface area contributed by atoms with E-state index in [0.717, 1.165) is 35.8 Å². The van der Waals surface area contributed by atoms with Crippen molar-refractivity contribution in [2.75, 3.05) is 0 Å². The van der Waals surface area contributed by atoms with E-state index in [9.17, 15) is 0 Å². The van der Waals surface area contributed by atoms with Crippen LogP contribution in [0.3, 0.4) is 0 Å². The number of hydrogen-bond acceptors (Lipinski definition) is 5. The maximum atomic E-state index is 5.68. The molecule has 0 spiro atoms. The Morgan fingerprint density at radius 3 is 2.79 bits per heavy atom. The molecule has 6 heteroatoms. The van der Waals surface area contributed by atoms with E-state index in [1.165, 1.54) is 5.69 Å². The van der Waals surface area contributed by atoms with Gasteiger partial charge >= 0.3 is 0 Å². The molecule has 1 atom stereocenters. The van der Waals surface area contributed by atoms with E-state index in [-0.39, 0.29) is 6.04 Å². The minimum Gasteiger partial charge on any atom is -0.271 e. The molecule has 2 aromatic heterocycles. The number of nitrogens with two attached hydrogens (primary N) is 1. The van der Waals surface area contributed by atoms with Crippen molar-refractivity contribution in [1.82, 2.24) is 20.2 Å². The van der Waals surface area contributed by atoms with Gasteiger partial charge in [0.05, 0.1) is 22.4 Å². The van der Waals surface area contributed by atoms with Crippen LogP contribution in [-0.4, -0.2) is 14.8 Å². The van der Waals surface area contributed by atoms with Crippen LogP contribution in [0.4, 0.5) is 0 Å². The molecule has 0 saturated heterocycles. The van der Waals surface area contributed by atoms with Gasteiger partial charge in [0.1, 0.15) is 0 Å². The number of nitrogens with one attached hydrogen (secondary N) is 1. The summed E-state index contributed by atoms with van der Waals surface area (Å²) in [6.07, 6.45) is 1.76. The zero-order chi connectivity index (χ0) is 13.8. The average molecular weight is 279 g/mol. The Hall–Kier alpha value is -1.24. The molecule has 2 heterocycles. The number of hydrazine groups is 1. The van der Waals surface area contributed by atoms with Crippen LogP contribution in [0.1, 0.15) is 42.0 Å². The summed E-state index contributed by atoms with van der Waals surface area (Å²) in [5.41, 5.74) is 6.20. The molecule has 5 nitrogen and oxygen atoms in total. The highest BCUT2D eigenvalue weighted by molar-refractivity contribution is 7.09. The lowest BCUT2D eigenvalue weighted by molar-refractivity contribution is 0.508. The van der Waals surface area contributed by atoms with E-state index in [1.807, 2.05) is 11.6 Å². The largest absolute Gasteiger partial charge is 0.271 e. The monoisotopic (exact) mass is 279 g/mol. The Kier molecular flexibility index (Phi) is 4.68. The van der Waals surface area contributed by atoms with Crippen LogP contribution in [0.25, 0.3) is 0 Å². The van der Waals surface area contributed by atoms with Crippen LogP contribution >= 0.6 is 11.3 Å². The smallest absolute Gasteiger partial charge is 0.0898 e. The van der Waals surface area contributed by atoms with Crippen molar-refractivity contribution in [2.24, 2.45) is 5.84 Å². The predicted octanol–water partition coefficient (Wildman–Crippen LogP) is 1.98. The second-order valence-corrected chi connectivity index (χ2v) is 5.57. The van der Waals surface area contributed by atoms with Gasteiger partial charge < -0.3 is 0 Å². The SMILES string of the molecule is CCc1cc(CC(NN)c2csc(C)n2)n(CC)n1. The molecule has 0 bridgehead atoms. The minimum atomic E-state index is 0.0386. The van der Waals surface area contributed by atoms with Gasteiger partial charge in [-0.1, -0.05) is 6.92 Å². The van der Waals surface area contributed by atoms with E-state index >= 15 is 0 Å². The molecule has 2 rings (SSSR count). The lowest BCUT2D eigenvalue weighted by Crippen LogP contribution is -2.30. The van der Waals surface area contributed by atoms with E-state index in [2.05, 4.69) is 40.8 Å². The molecule has 0 fully saturated rings. The Morgan fingerprint density at radius 1 is 1.47 bits per heavy atom. The molecule has 104 valence electrons. The minimum absolute atomic E-state index is 0.0386. The van der Waals surface area contributed by atoms with Gasteiger partial charge in [0.25, 0.3) is 0 Å². The second kappa shape index (κ2) is 6.27. The molecule has 0 aromatic carbocycles. The van der Waals surface area contributed by atoms with Gasteiger partial charge in [0.15, 0.2) is 0 Å². The van der Waals surface area contributed by atoms with Crippen molar-refractivity contribution in [3.8, 4) is 0 Å². The molecule has 1 unspecified atom stereocenters. The summed E-state index contributed by atoms with van der Waals surface area (Å²) < 4.78 is 2.04. The van der Waals surface area contributed by atoms with Crippen molar-refractivity contribution >= 4 is 11.3 Å². The Morgan fingerprint density at radius 2 is 2.26 bits per heavy atom. The van der Waals surface area contributed by atoms with E-state index in [0.29, 0.717) is 0 Å². The molecule has 19 heavy (non-hydrogen) atoms. The van der Waals surface area contributed by atoms with Crippen LogP contribution in [0.2, 0.25) is 0 Å². The number of nitrogens with zero attached hydrogens (tertiary/aromatic N) is 3. The highest BCUT2D eigenvalue weighted by Gasteiger charge is 2.16. The predicted molar refractivity (Wildman–Crippen MR) is 77.9 cm³/mol. The molecule has 0 amide bonds. The van der Waals surface area contributed by atoms with Crippen LogP contribution < -0.4 is 11.3 Å². The molecule has 0 aliphatic heterocycles. The lowest BCUT2D eigenvalue weighted by Gasteiger charge is -2.14. The van der Waals surface area contributed by atoms with Crippen LogP contribution in [0.15, 0.2) is 11.4 Å². The normalized spacial score (nSPS) is 12.8. The first kappa shape index (κ1) is 14.2. The summed E-state index contributed by atoms with van der Waals surface area (Å²) in [6.45, 7) is 7.11. The second-order valence-electron chi connectivity index (χ2n) is 4.51. The summed E-state index contributed by atoms with van der Waals surface area (Å²) in [4.78, 5) is 4.51. The van der Waals surface area contributed by atoms with Gasteiger partial charge in [0.2, 0.25) is 0 Å². The molecule has 0 radical (unpaired) electrons. The maximum absolute atomic E-state index is 5.68. The van der Waals surface area contributed by atoms with Gasteiger partial charge in [0, 0.05) is 24.0 Å². The molecular formula is C13H21N5S. The molecule has 2 aromatic rings. The maximum Gasteiger partial charge on any atom is 0.0898 e. The number of rotatable bonds is 6. The molecule has 0 aliphatic carbocycles. The van der Waals surface area contributed by atoms with Gasteiger partial charge in [-0.15, -0.1) is 11.3 Å². The third kappa shape index (κ3) is 3.20. The highest BCUT2D eigenvalue weighted by atomic mass is 32.1. The molecule has 3 N–H and O–H groups in total. The Bertz CT molecular complexity index is 531. The van der Waals surface area contributed by atoms with E-state index < -0.39 is 0 Å². The third-order valence-corrected chi connectivity index (χ3v) is 3.98. The zero-order valence-electron chi connectivity index (χ0n) is 11.7. The fourth-order valence-corrected chi connectivity index (χ4v) is 2.79. The molecule has 0 aliphatic rings. The quantitative estimate of drug-likeness (QED) is 0.626. The Balaban J connectivity index is 2.20. The summed E-state index contributed by atoms with van der Waals surface area (Å²) in [7, 11) is 0. The number of thiazole rings is 1. The van der Waals surface area contributed by atoms with Gasteiger partial charge in [-0.05, 0) is 26.3 Å². The van der Waals surface area contributed by atoms with Crippen LogP contribution in [0, 0.1) is 6.92 Å². The lowest BCUT2D eigenvalue weighted by atomic mass is 10.1. The van der Waals surface area contributed by atoms with E-state index in [4.69, 9.17) is 5.84 Å². The Labute approximate surface area is 117 Å². The average Bonchev–Trinajstić information content (AvgIpc) is 3.01. The van der Waals surface area contributed by atoms with Crippen LogP contribution in [0.5, 0.6) is 0 Å². The fourth-order valence-electron chi connectivity index (χ4n) is 2.12. The van der Waals surface area contributed by atoms with Crippen LogP contribution in [-0.2, 0) is 19.4 Å². The van der Waals surface area contributed by atoms with Crippen molar-refractivity contribution in [3.05, 3.63) is 33.5 Å². The summed E-state index contributed by atoms with van der Waals surface area (Å²) in [5.74, 6) is 5.68. The van der Waals surface area contributed by atoms with Crippen molar-refractivity contribution in [3.63, 3.8) is 0 Å². The standard InChI is InChI=1S/C13H21N5S/c1-4-10-6-11(18(5-2)17-10)7-12(16-14)13-8-19-9(3)15-13/h6,8,12,16H,4-5,7,14H2,1-3H3.